The fourth-order valence-corrected chi connectivity index (χ4v) is 2.94. The van der Waals surface area contributed by atoms with Gasteiger partial charge in [-0.15, -0.1) is 11.3 Å². The van der Waals surface area contributed by atoms with Gasteiger partial charge in [0.1, 0.15) is 5.75 Å². The number of carbonyl (C=O) groups excluding carboxylic acids is 1. The summed E-state index contributed by atoms with van der Waals surface area (Å²) in [6, 6.07) is 9.66. The molecule has 0 aliphatic rings. The number of benzene rings is 1. The molecule has 0 spiro atoms. The zero-order valence-corrected chi connectivity index (χ0v) is 13.4. The van der Waals surface area contributed by atoms with E-state index in [9.17, 15) is 4.79 Å². The molecule has 2 N–H and O–H groups in total. The number of anilines is 1. The molecule has 20 heavy (non-hydrogen) atoms. The molecule has 6 heteroatoms. The van der Waals surface area contributed by atoms with E-state index in [2.05, 4.69) is 38.0 Å². The Morgan fingerprint density at radius 3 is 2.95 bits per heavy atom. The first-order valence-corrected chi connectivity index (χ1v) is 7.75. The molecule has 4 nitrogen and oxygen atoms in total. The molecular weight excluding hydrogens is 340 g/mol. The van der Waals surface area contributed by atoms with E-state index in [4.69, 9.17) is 4.74 Å². The highest BCUT2D eigenvalue weighted by Crippen LogP contribution is 2.22. The lowest BCUT2D eigenvalue weighted by Gasteiger charge is -2.08. The Hall–Kier alpha value is -1.53. The zero-order valence-electron chi connectivity index (χ0n) is 11.0. The maximum absolute atomic E-state index is 11.1. The Kier molecular flexibility index (Phi) is 5.43. The maximum Gasteiger partial charge on any atom is 0.257 e. The molecule has 1 aromatic heterocycles. The van der Waals surface area contributed by atoms with Gasteiger partial charge in [-0.05, 0) is 34.1 Å². The van der Waals surface area contributed by atoms with Crippen molar-refractivity contribution >= 4 is 38.9 Å². The van der Waals surface area contributed by atoms with E-state index in [0.29, 0.717) is 5.75 Å². The lowest BCUT2D eigenvalue weighted by molar-refractivity contribution is -0.122. The second kappa shape index (κ2) is 7.31. The molecule has 1 amide bonds. The summed E-state index contributed by atoms with van der Waals surface area (Å²) >= 11 is 5.13. The number of rotatable bonds is 6. The van der Waals surface area contributed by atoms with Crippen LogP contribution < -0.4 is 15.4 Å². The number of thiophene rings is 1. The molecule has 0 fully saturated rings. The monoisotopic (exact) mass is 354 g/mol. The van der Waals surface area contributed by atoms with E-state index in [0.717, 1.165) is 16.7 Å². The normalized spacial score (nSPS) is 10.1. The van der Waals surface area contributed by atoms with Crippen molar-refractivity contribution in [3.05, 3.63) is 45.1 Å². The highest BCUT2D eigenvalue weighted by Gasteiger charge is 2.02. The van der Waals surface area contributed by atoms with Gasteiger partial charge in [0.25, 0.3) is 5.91 Å². The minimum absolute atomic E-state index is 0.0256. The summed E-state index contributed by atoms with van der Waals surface area (Å²) in [6.45, 7) is 0.785. The maximum atomic E-state index is 11.1. The Labute approximate surface area is 130 Å². The minimum atomic E-state index is -0.146. The van der Waals surface area contributed by atoms with E-state index >= 15 is 0 Å². The van der Waals surface area contributed by atoms with Gasteiger partial charge in [-0.2, -0.15) is 0 Å². The van der Waals surface area contributed by atoms with Gasteiger partial charge >= 0.3 is 0 Å². The summed E-state index contributed by atoms with van der Waals surface area (Å²) < 4.78 is 6.50. The summed E-state index contributed by atoms with van der Waals surface area (Å²) in [6.07, 6.45) is 0. The van der Waals surface area contributed by atoms with E-state index in [1.807, 2.05) is 24.3 Å². The largest absolute Gasteiger partial charge is 0.484 e. The average Bonchev–Trinajstić information content (AvgIpc) is 2.88. The first-order valence-electron chi connectivity index (χ1n) is 6.07. The van der Waals surface area contributed by atoms with Crippen molar-refractivity contribution in [2.75, 3.05) is 19.0 Å². The smallest absolute Gasteiger partial charge is 0.257 e. The van der Waals surface area contributed by atoms with E-state index < -0.39 is 0 Å². The van der Waals surface area contributed by atoms with Crippen LogP contribution in [0.25, 0.3) is 0 Å². The Morgan fingerprint density at radius 2 is 2.25 bits per heavy atom. The van der Waals surface area contributed by atoms with Gasteiger partial charge in [-0.25, -0.2) is 0 Å². The number of hydrogen-bond donors (Lipinski definition) is 2. The molecule has 0 aliphatic carbocycles. The molecule has 0 bridgehead atoms. The number of amides is 1. The molecule has 1 heterocycles. The van der Waals surface area contributed by atoms with Gasteiger partial charge in [0.05, 0.1) is 0 Å². The van der Waals surface area contributed by atoms with Crippen LogP contribution >= 0.6 is 27.3 Å². The van der Waals surface area contributed by atoms with Crippen LogP contribution in [0.3, 0.4) is 0 Å². The van der Waals surface area contributed by atoms with Crippen LogP contribution in [0, 0.1) is 0 Å². The Bertz CT molecular complexity index is 586. The predicted octanol–water partition coefficient (Wildman–Crippen LogP) is 3.25. The lowest BCUT2D eigenvalue weighted by atomic mass is 10.3. The third-order valence-electron chi connectivity index (χ3n) is 2.57. The summed E-state index contributed by atoms with van der Waals surface area (Å²) in [7, 11) is 1.59. The standard InChI is InChI=1S/C14H15BrN2O2S/c1-16-14(18)8-19-12-4-2-3-11(6-12)17-7-13-5-10(15)9-20-13/h2-6,9,17H,7-8H2,1H3,(H,16,18). The molecule has 0 unspecified atom stereocenters. The van der Waals surface area contributed by atoms with Crippen LogP contribution in [0.1, 0.15) is 4.88 Å². The van der Waals surface area contributed by atoms with Gasteiger partial charge in [0.15, 0.2) is 6.61 Å². The molecule has 0 radical (unpaired) electrons. The van der Waals surface area contributed by atoms with Crippen molar-refractivity contribution in [1.82, 2.24) is 5.32 Å². The second-order valence-electron chi connectivity index (χ2n) is 4.07. The van der Waals surface area contributed by atoms with Crippen molar-refractivity contribution < 1.29 is 9.53 Å². The van der Waals surface area contributed by atoms with Gasteiger partial charge in [-0.1, -0.05) is 6.07 Å². The van der Waals surface area contributed by atoms with Crippen LogP contribution in [0.4, 0.5) is 5.69 Å². The van der Waals surface area contributed by atoms with Crippen molar-refractivity contribution in [2.45, 2.75) is 6.54 Å². The van der Waals surface area contributed by atoms with Crippen LogP contribution in [0.15, 0.2) is 40.2 Å². The third-order valence-corrected chi connectivity index (χ3v) is 4.27. The Morgan fingerprint density at radius 1 is 1.40 bits per heavy atom. The van der Waals surface area contributed by atoms with Gasteiger partial charge in [0.2, 0.25) is 0 Å². The van der Waals surface area contributed by atoms with E-state index in [-0.39, 0.29) is 12.5 Å². The zero-order chi connectivity index (χ0) is 14.4. The van der Waals surface area contributed by atoms with Crippen molar-refractivity contribution in [2.24, 2.45) is 0 Å². The molecule has 2 aromatic rings. The van der Waals surface area contributed by atoms with Gasteiger partial charge in [0, 0.05) is 40.1 Å². The van der Waals surface area contributed by atoms with Crippen LogP contribution in [0.2, 0.25) is 0 Å². The predicted molar refractivity (Wildman–Crippen MR) is 85.3 cm³/mol. The lowest BCUT2D eigenvalue weighted by Crippen LogP contribution is -2.24. The summed E-state index contributed by atoms with van der Waals surface area (Å²) in [5.41, 5.74) is 0.962. The molecule has 1 aromatic carbocycles. The van der Waals surface area contributed by atoms with Crippen molar-refractivity contribution in [1.29, 1.82) is 0 Å². The topological polar surface area (TPSA) is 50.4 Å². The SMILES string of the molecule is CNC(=O)COc1cccc(NCc2cc(Br)cs2)c1. The molecule has 0 aliphatic heterocycles. The molecular formula is C14H15BrN2O2S. The number of carbonyl (C=O) groups is 1. The highest BCUT2D eigenvalue weighted by molar-refractivity contribution is 9.10. The first kappa shape index (κ1) is 14.9. The highest BCUT2D eigenvalue weighted by atomic mass is 79.9. The Balaban J connectivity index is 1.90. The second-order valence-corrected chi connectivity index (χ2v) is 5.99. The number of likely N-dealkylation sites (N-methyl/N-ethyl adjacent to an activating group) is 1. The molecule has 0 atom stereocenters. The third kappa shape index (κ3) is 4.54. The number of hydrogen-bond acceptors (Lipinski definition) is 4. The number of ether oxygens (including phenoxy) is 1. The fraction of sp³-hybridized carbons (Fsp3) is 0.214. The molecule has 0 saturated heterocycles. The van der Waals surface area contributed by atoms with Crippen LogP contribution in [-0.4, -0.2) is 19.6 Å². The fourth-order valence-electron chi connectivity index (χ4n) is 1.55. The van der Waals surface area contributed by atoms with Crippen LogP contribution in [-0.2, 0) is 11.3 Å². The molecule has 0 saturated carbocycles. The van der Waals surface area contributed by atoms with Gasteiger partial charge in [-0.3, -0.25) is 4.79 Å². The summed E-state index contributed by atoms with van der Waals surface area (Å²) in [4.78, 5) is 12.4. The first-order chi connectivity index (χ1) is 9.67. The van der Waals surface area contributed by atoms with Gasteiger partial charge < -0.3 is 15.4 Å². The molecule has 2 rings (SSSR count). The van der Waals surface area contributed by atoms with E-state index in [1.54, 1.807) is 18.4 Å². The number of nitrogens with one attached hydrogen (secondary N) is 2. The minimum Gasteiger partial charge on any atom is -0.484 e. The molecule has 106 valence electrons. The average molecular weight is 355 g/mol. The summed E-state index contributed by atoms with van der Waals surface area (Å²) in [5, 5.41) is 7.90. The van der Waals surface area contributed by atoms with Crippen LogP contribution in [0.5, 0.6) is 5.75 Å². The number of halogens is 1. The quantitative estimate of drug-likeness (QED) is 0.836. The summed E-state index contributed by atoms with van der Waals surface area (Å²) in [5.74, 6) is 0.526. The van der Waals surface area contributed by atoms with E-state index in [1.165, 1.54) is 4.88 Å². The van der Waals surface area contributed by atoms with Crippen molar-refractivity contribution in [3.8, 4) is 5.75 Å². The van der Waals surface area contributed by atoms with Crippen molar-refractivity contribution in [3.63, 3.8) is 0 Å².